The van der Waals surface area contributed by atoms with E-state index in [0.717, 1.165) is 11.3 Å². The number of hydrogen-bond donors (Lipinski definition) is 1. The maximum Gasteiger partial charge on any atom is 0.341 e. The van der Waals surface area contributed by atoms with E-state index in [1.807, 2.05) is 38.1 Å². The molecule has 0 radical (unpaired) electrons. The number of ether oxygens (including phenoxy) is 1. The van der Waals surface area contributed by atoms with E-state index >= 15 is 0 Å². The van der Waals surface area contributed by atoms with Crippen LogP contribution in [0.1, 0.15) is 60.8 Å². The highest BCUT2D eigenvalue weighted by atomic mass is 32.1. The summed E-state index contributed by atoms with van der Waals surface area (Å²) in [6.07, 6.45) is 0.749. The number of thiophene rings is 1. The number of amides is 1. The van der Waals surface area contributed by atoms with E-state index in [9.17, 15) is 9.59 Å². The largest absolute Gasteiger partial charge is 0.462 e. The lowest BCUT2D eigenvalue weighted by molar-refractivity contribution is -0.119. The quantitative estimate of drug-likeness (QED) is 0.703. The summed E-state index contributed by atoms with van der Waals surface area (Å²) in [7, 11) is 0. The van der Waals surface area contributed by atoms with Gasteiger partial charge in [0.1, 0.15) is 5.00 Å². The molecule has 0 saturated carbocycles. The van der Waals surface area contributed by atoms with Gasteiger partial charge in [0.05, 0.1) is 12.2 Å². The highest BCUT2D eigenvalue weighted by Crippen LogP contribution is 2.36. The van der Waals surface area contributed by atoms with Gasteiger partial charge in [-0.15, -0.1) is 11.3 Å². The molecule has 0 aliphatic heterocycles. The van der Waals surface area contributed by atoms with Gasteiger partial charge in [0.15, 0.2) is 0 Å². The van der Waals surface area contributed by atoms with Crippen molar-refractivity contribution in [2.75, 3.05) is 11.9 Å². The first-order valence-electron chi connectivity index (χ1n) is 8.64. The summed E-state index contributed by atoms with van der Waals surface area (Å²) >= 11 is 1.44. The molecule has 0 fully saturated rings. The summed E-state index contributed by atoms with van der Waals surface area (Å²) in [6, 6.07) is 11.9. The van der Waals surface area contributed by atoms with Gasteiger partial charge in [-0.2, -0.15) is 0 Å². The molecule has 1 amide bonds. The number of nitrogens with one attached hydrogen (secondary N) is 1. The predicted octanol–water partition coefficient (Wildman–Crippen LogP) is 5.06. The van der Waals surface area contributed by atoms with Crippen molar-refractivity contribution in [2.45, 2.75) is 40.0 Å². The average Bonchev–Trinajstić information content (AvgIpc) is 3.05. The molecule has 1 aromatic carbocycles. The third-order valence-electron chi connectivity index (χ3n) is 4.27. The molecule has 0 aliphatic rings. The van der Waals surface area contributed by atoms with Crippen LogP contribution in [-0.4, -0.2) is 18.5 Å². The lowest BCUT2D eigenvalue weighted by Crippen LogP contribution is -2.20. The lowest BCUT2D eigenvalue weighted by Gasteiger charge is -2.10. The molecule has 2 atom stereocenters. The van der Waals surface area contributed by atoms with Crippen molar-refractivity contribution in [3.63, 3.8) is 0 Å². The van der Waals surface area contributed by atoms with Gasteiger partial charge in [-0.1, -0.05) is 51.1 Å². The second kappa shape index (κ2) is 8.81. The van der Waals surface area contributed by atoms with E-state index in [4.69, 9.17) is 4.74 Å². The first kappa shape index (κ1) is 19.2. The van der Waals surface area contributed by atoms with Crippen LogP contribution in [0.4, 0.5) is 5.00 Å². The number of esters is 1. The Labute approximate surface area is 153 Å². The Morgan fingerprint density at radius 1 is 1.16 bits per heavy atom. The van der Waals surface area contributed by atoms with Crippen LogP contribution < -0.4 is 5.32 Å². The summed E-state index contributed by atoms with van der Waals surface area (Å²) in [5.74, 6) is -0.445. The Hall–Kier alpha value is -2.14. The number of carbonyl (C=O) groups excluding carboxylic acids is 2. The van der Waals surface area contributed by atoms with Crippen molar-refractivity contribution >= 4 is 28.2 Å². The standard InChI is InChI=1S/C20H25NO3S/c1-5-13(3)18(22)21-19-16(20(23)24-6-2)12-17(25-19)14(4)15-10-8-7-9-11-15/h7-14H,5-6H2,1-4H3,(H,21,22)/t13-,14-/m0/s1. The molecule has 134 valence electrons. The molecule has 1 N–H and O–H groups in total. The minimum atomic E-state index is -0.398. The second-order valence-corrected chi connectivity index (χ2v) is 7.13. The fraction of sp³-hybridized carbons (Fsp3) is 0.400. The van der Waals surface area contributed by atoms with Crippen molar-refractivity contribution in [3.05, 3.63) is 52.4 Å². The van der Waals surface area contributed by atoms with Crippen LogP contribution in [-0.2, 0) is 9.53 Å². The minimum Gasteiger partial charge on any atom is -0.462 e. The van der Waals surface area contributed by atoms with Crippen molar-refractivity contribution in [2.24, 2.45) is 5.92 Å². The zero-order valence-corrected chi connectivity index (χ0v) is 16.0. The fourth-order valence-electron chi connectivity index (χ4n) is 2.40. The molecule has 5 heteroatoms. The van der Waals surface area contributed by atoms with E-state index in [1.165, 1.54) is 16.9 Å². The normalized spacial score (nSPS) is 13.1. The highest BCUT2D eigenvalue weighted by molar-refractivity contribution is 7.16. The number of anilines is 1. The van der Waals surface area contributed by atoms with Gasteiger partial charge in [-0.05, 0) is 25.0 Å². The van der Waals surface area contributed by atoms with Crippen molar-refractivity contribution < 1.29 is 14.3 Å². The van der Waals surface area contributed by atoms with Gasteiger partial charge in [0, 0.05) is 16.7 Å². The molecule has 0 unspecified atom stereocenters. The predicted molar refractivity (Wildman–Crippen MR) is 102 cm³/mol. The summed E-state index contributed by atoms with van der Waals surface area (Å²) in [6.45, 7) is 8.01. The molecular weight excluding hydrogens is 334 g/mol. The van der Waals surface area contributed by atoms with E-state index < -0.39 is 5.97 Å². The first-order valence-corrected chi connectivity index (χ1v) is 9.46. The Morgan fingerprint density at radius 3 is 2.44 bits per heavy atom. The van der Waals surface area contributed by atoms with Crippen molar-refractivity contribution in [1.29, 1.82) is 0 Å². The Morgan fingerprint density at radius 2 is 1.84 bits per heavy atom. The van der Waals surface area contributed by atoms with Gasteiger partial charge in [-0.3, -0.25) is 4.79 Å². The minimum absolute atomic E-state index is 0.0752. The molecular formula is C20H25NO3S. The number of rotatable bonds is 7. The van der Waals surface area contributed by atoms with E-state index in [-0.39, 0.29) is 17.7 Å². The van der Waals surface area contributed by atoms with Gasteiger partial charge < -0.3 is 10.1 Å². The van der Waals surface area contributed by atoms with E-state index in [2.05, 4.69) is 24.4 Å². The number of benzene rings is 1. The Bertz CT molecular complexity index is 724. The van der Waals surface area contributed by atoms with Gasteiger partial charge in [-0.25, -0.2) is 4.79 Å². The Kier molecular flexibility index (Phi) is 6.76. The third kappa shape index (κ3) is 4.69. The molecule has 0 saturated heterocycles. The summed E-state index contributed by atoms with van der Waals surface area (Å²) < 4.78 is 5.15. The SMILES string of the molecule is CCOC(=O)c1cc([C@@H](C)c2ccccc2)sc1NC(=O)[C@@H](C)CC. The molecule has 4 nitrogen and oxygen atoms in total. The summed E-state index contributed by atoms with van der Waals surface area (Å²) in [5, 5.41) is 3.48. The van der Waals surface area contributed by atoms with Crippen LogP contribution in [0.2, 0.25) is 0 Å². The van der Waals surface area contributed by atoms with Gasteiger partial charge in [0.2, 0.25) is 5.91 Å². The van der Waals surface area contributed by atoms with E-state index in [0.29, 0.717) is 17.2 Å². The van der Waals surface area contributed by atoms with Gasteiger partial charge in [0.25, 0.3) is 0 Å². The topological polar surface area (TPSA) is 55.4 Å². The zero-order chi connectivity index (χ0) is 18.4. The molecule has 1 aromatic heterocycles. The van der Waals surface area contributed by atoms with Crippen LogP contribution in [0.5, 0.6) is 0 Å². The number of hydrogen-bond acceptors (Lipinski definition) is 4. The lowest BCUT2D eigenvalue weighted by atomic mass is 9.99. The van der Waals surface area contributed by atoms with Crippen LogP contribution in [0.25, 0.3) is 0 Å². The van der Waals surface area contributed by atoms with Crippen molar-refractivity contribution in [3.8, 4) is 0 Å². The summed E-state index contributed by atoms with van der Waals surface area (Å²) in [4.78, 5) is 25.6. The molecule has 0 aliphatic carbocycles. The first-order chi connectivity index (χ1) is 12.0. The maximum absolute atomic E-state index is 12.3. The van der Waals surface area contributed by atoms with Crippen LogP contribution >= 0.6 is 11.3 Å². The molecule has 1 heterocycles. The van der Waals surface area contributed by atoms with Crippen LogP contribution in [0.3, 0.4) is 0 Å². The molecule has 25 heavy (non-hydrogen) atoms. The van der Waals surface area contributed by atoms with E-state index in [1.54, 1.807) is 6.92 Å². The smallest absolute Gasteiger partial charge is 0.341 e. The molecule has 2 aromatic rings. The zero-order valence-electron chi connectivity index (χ0n) is 15.2. The van der Waals surface area contributed by atoms with Crippen molar-refractivity contribution in [1.82, 2.24) is 0 Å². The molecule has 2 rings (SSSR count). The highest BCUT2D eigenvalue weighted by Gasteiger charge is 2.23. The Balaban J connectivity index is 2.35. The maximum atomic E-state index is 12.3. The number of carbonyl (C=O) groups is 2. The molecule has 0 bridgehead atoms. The van der Waals surface area contributed by atoms with Crippen LogP contribution in [0.15, 0.2) is 36.4 Å². The fourth-order valence-corrected chi connectivity index (χ4v) is 3.53. The summed E-state index contributed by atoms with van der Waals surface area (Å²) in [5.41, 5.74) is 1.60. The van der Waals surface area contributed by atoms with Gasteiger partial charge >= 0.3 is 5.97 Å². The monoisotopic (exact) mass is 359 g/mol. The third-order valence-corrected chi connectivity index (χ3v) is 5.50. The molecule has 0 spiro atoms. The van der Waals surface area contributed by atoms with Crippen LogP contribution in [0, 0.1) is 5.92 Å². The second-order valence-electron chi connectivity index (χ2n) is 6.04. The average molecular weight is 359 g/mol.